The van der Waals surface area contributed by atoms with Crippen LogP contribution in [0.15, 0.2) is 76.2 Å². The zero-order chi connectivity index (χ0) is 52.0. The summed E-state index contributed by atoms with van der Waals surface area (Å²) >= 11 is 0. The molecule has 0 rings (SSSR count). The number of hydrogen-bond donors (Lipinski definition) is 0. The summed E-state index contributed by atoms with van der Waals surface area (Å²) in [6.45, 7) is 20.2. The van der Waals surface area contributed by atoms with Gasteiger partial charge in [-0.25, -0.2) is 13.2 Å². The molecule has 0 nitrogen and oxygen atoms in total. The molecule has 0 atom stereocenters. The fourth-order valence-electron chi connectivity index (χ4n) is 4.16. The molecule has 0 saturated heterocycles. The van der Waals surface area contributed by atoms with Crippen LogP contribution in [0.1, 0.15) is 7.85 Å². The van der Waals surface area contributed by atoms with E-state index in [2.05, 4.69) is 46.0 Å². The van der Waals surface area contributed by atoms with E-state index >= 15 is 0 Å². The van der Waals surface area contributed by atoms with Crippen molar-refractivity contribution >= 4 is 25.7 Å². The Kier molecular flexibility index (Phi) is 34.3. The summed E-state index contributed by atoms with van der Waals surface area (Å²) in [5.74, 6) is -66.1. The molecule has 0 fully saturated rings. The van der Waals surface area contributed by atoms with Crippen molar-refractivity contribution in [2.45, 2.75) is 128 Å². The molecule has 64 heavy (non-hydrogen) atoms. The molecule has 0 aromatic rings. The van der Waals surface area contributed by atoms with E-state index in [0.717, 1.165) is 30.2 Å². The van der Waals surface area contributed by atoms with E-state index in [1.807, 2.05) is 30.9 Å². The molecule has 0 unspecified atom stereocenters. The van der Waals surface area contributed by atoms with Crippen LogP contribution in [0.3, 0.4) is 0 Å². The van der Waals surface area contributed by atoms with Gasteiger partial charge in [-0.05, 0) is 36.3 Å². The van der Waals surface area contributed by atoms with E-state index in [4.69, 9.17) is 0 Å². The standard InChI is InChI=1S/C12H20Si.C10H13F11Si.C8H5F11.C4H11FSi.C2H3F.Pt.H2/c1-5-9-13(10-6-2,11-7-3)12-8-4;1-22(2)4-3-6(12,13)8(16,17)10(20,21)9(18,19)7(14,15)5-11;1-2-4(10,11)6(14,15)8(18,19)7(16,17)5(12,13)3-9;1-6(2)4-3-5;1-2-3;;/h5-8H,1-4,9-12H2;22H,3-5H2,1-2H3;2H,1,3H2;6H,3-4H2,1-2H3;2H,1H2;;1H/i;;;;;;1+1. The number of alkyl halides is 23. The first-order valence-corrected chi connectivity index (χ1v) is 26.9. The normalized spacial score (nSPS) is 13.2. The van der Waals surface area contributed by atoms with Crippen molar-refractivity contribution in [3.05, 3.63) is 76.2 Å². The second kappa shape index (κ2) is 29.8. The van der Waals surface area contributed by atoms with Crippen molar-refractivity contribution in [1.82, 2.24) is 0 Å². The smallest absolute Gasteiger partial charge is 0.251 e. The Balaban J connectivity index is -0.000000142. The van der Waals surface area contributed by atoms with E-state index in [0.29, 0.717) is 0 Å². The minimum absolute atomic E-state index is 0. The Hall–Kier alpha value is -1.90. The minimum atomic E-state index is -7.22. The Morgan fingerprint density at radius 3 is 0.875 bits per heavy atom. The summed E-state index contributed by atoms with van der Waals surface area (Å²) in [7, 11) is -3.74. The Morgan fingerprint density at radius 2 is 0.688 bits per heavy atom. The molecule has 28 heteroatoms. The van der Waals surface area contributed by atoms with Gasteiger partial charge in [-0.2, -0.15) is 87.8 Å². The maximum absolute atomic E-state index is 13.2. The summed E-state index contributed by atoms with van der Waals surface area (Å²) in [4.78, 5) is 0. The van der Waals surface area contributed by atoms with Crippen LogP contribution < -0.4 is 0 Å². The minimum Gasteiger partial charge on any atom is -0.251 e. The molecule has 0 aliphatic heterocycles. The van der Waals surface area contributed by atoms with Gasteiger partial charge in [-0.3, -0.25) is 4.39 Å². The van der Waals surface area contributed by atoms with Gasteiger partial charge in [0.2, 0.25) is 0 Å². The SMILES string of the molecule is C=CC(F)(F)C(F)(F)C(F)(F)C(F)(F)C(F)(F)CF.C=CC[Si](CC=C)(CC=C)CC=C.C=CF.C[SiH](C)CCC(F)(F)C(F)(F)C(F)(F)C(F)(F)C(F)(F)CF.C[SiH](C)CCF.[2HH].[Pt]. The average Bonchev–Trinajstić information content (AvgIpc) is 3.14. The molecule has 0 amide bonds. The van der Waals surface area contributed by atoms with Crippen LogP contribution in [0, 0.1) is 0 Å². The molecule has 0 heterocycles. The largest absolute Gasteiger partial charge is 0.384 e. The number of halogens is 24. The molecule has 0 spiro atoms. The maximum atomic E-state index is 13.2. The predicted octanol–water partition coefficient (Wildman–Crippen LogP) is 16.3. The van der Waals surface area contributed by atoms with E-state index in [1.165, 1.54) is 13.1 Å². The number of hydrogen-bond acceptors (Lipinski definition) is 0. The molecule has 0 bridgehead atoms. The summed E-state index contributed by atoms with van der Waals surface area (Å²) in [5, 5.41) is 0. The van der Waals surface area contributed by atoms with E-state index < -0.39 is 117 Å². The topological polar surface area (TPSA) is 0 Å². The van der Waals surface area contributed by atoms with Crippen LogP contribution in [-0.2, 0) is 21.1 Å². The summed E-state index contributed by atoms with van der Waals surface area (Å²) in [6, 6.07) is 4.78. The monoisotopic (exact) mass is 1220 g/mol. The molecule has 388 valence electrons. The second-order valence-corrected chi connectivity index (χ2v) is 25.4. The third kappa shape index (κ3) is 19.4. The zero-order valence-electron chi connectivity index (χ0n) is 34.8. The fourth-order valence-corrected chi connectivity index (χ4v) is 8.98. The fraction of sp³-hybridized carbons (Fsp3) is 0.667. The van der Waals surface area contributed by atoms with Crippen LogP contribution in [0.2, 0.25) is 62.5 Å². The van der Waals surface area contributed by atoms with Gasteiger partial charge >= 0.3 is 59.2 Å². The van der Waals surface area contributed by atoms with Crippen LogP contribution in [0.5, 0.6) is 0 Å². The molecular weight excluding hydrogens is 1170 g/mol. The molecule has 0 aliphatic carbocycles. The van der Waals surface area contributed by atoms with Crippen molar-refractivity contribution in [2.24, 2.45) is 0 Å². The van der Waals surface area contributed by atoms with Crippen molar-refractivity contribution < 1.29 is 128 Å². The molecule has 0 aliphatic rings. The van der Waals surface area contributed by atoms with Crippen LogP contribution in [0.25, 0.3) is 0 Å². The third-order valence-electron chi connectivity index (χ3n) is 8.00. The number of rotatable bonds is 24. The van der Waals surface area contributed by atoms with Gasteiger partial charge in [0.25, 0.3) is 0 Å². The first kappa shape index (κ1) is 73.7. The summed E-state index contributed by atoms with van der Waals surface area (Å²) < 4.78 is 299. The summed E-state index contributed by atoms with van der Waals surface area (Å²) in [5.41, 5.74) is 0. The van der Waals surface area contributed by atoms with Gasteiger partial charge in [0, 0.05) is 46.5 Å². The van der Waals surface area contributed by atoms with E-state index in [1.54, 1.807) is 0 Å². The van der Waals surface area contributed by atoms with Crippen LogP contribution >= 0.6 is 0 Å². The molecule has 0 radical (unpaired) electrons. The molecular formula is C36H54F24PtSi3. The second-order valence-electron chi connectivity index (χ2n) is 14.1. The van der Waals surface area contributed by atoms with E-state index in [-0.39, 0.29) is 35.5 Å². The van der Waals surface area contributed by atoms with Gasteiger partial charge < -0.3 is 0 Å². The third-order valence-corrected chi connectivity index (χ3v) is 15.4. The summed E-state index contributed by atoms with van der Waals surface area (Å²) in [6.07, 6.45) is 5.40. The maximum Gasteiger partial charge on any atom is 0.384 e. The van der Waals surface area contributed by atoms with Gasteiger partial charge in [0.05, 0.1) is 21.1 Å². The van der Waals surface area contributed by atoms with Gasteiger partial charge in [0.1, 0.15) is 0 Å². The van der Waals surface area contributed by atoms with Gasteiger partial charge in [0.15, 0.2) is 13.3 Å². The van der Waals surface area contributed by atoms with E-state index in [9.17, 15) is 105 Å². The zero-order valence-corrected chi connectivity index (χ0v) is 40.4. The molecule has 0 aromatic carbocycles. The van der Waals surface area contributed by atoms with Crippen LogP contribution in [0.4, 0.5) is 105 Å². The van der Waals surface area contributed by atoms with Gasteiger partial charge in [-0.1, -0.05) is 69.7 Å². The first-order chi connectivity index (χ1) is 28.0. The van der Waals surface area contributed by atoms with Gasteiger partial charge in [-0.15, -0.1) is 26.3 Å². The number of allylic oxidation sites excluding steroid dienone is 5. The van der Waals surface area contributed by atoms with Crippen LogP contribution in [-0.4, -0.2) is 105 Å². The predicted molar refractivity (Wildman–Crippen MR) is 209 cm³/mol. The van der Waals surface area contributed by atoms with Crippen molar-refractivity contribution in [3.8, 4) is 0 Å². The molecule has 0 aromatic heterocycles. The Morgan fingerprint density at radius 1 is 0.438 bits per heavy atom. The Labute approximate surface area is 377 Å². The van der Waals surface area contributed by atoms with Crippen molar-refractivity contribution in [1.29, 1.82) is 0 Å². The quantitative estimate of drug-likeness (QED) is 0.0513. The Bertz CT molecular complexity index is 1320. The molecule has 0 saturated carbocycles. The average molecular weight is 1220 g/mol. The molecule has 0 N–H and O–H groups in total. The van der Waals surface area contributed by atoms with Crippen molar-refractivity contribution in [3.63, 3.8) is 0 Å². The van der Waals surface area contributed by atoms with Crippen molar-refractivity contribution in [2.75, 3.05) is 20.0 Å². The first-order valence-electron chi connectivity index (χ1n) is 17.8.